The van der Waals surface area contributed by atoms with Crippen LogP contribution in [-0.4, -0.2) is 21.9 Å². The third-order valence-electron chi connectivity index (χ3n) is 2.70. The SMILES string of the molecule is Cc1nc(Nc2cccc(Cl)c2Cl)cc(C(=O)NC(C)C)n1. The van der Waals surface area contributed by atoms with Gasteiger partial charge in [0, 0.05) is 12.1 Å². The summed E-state index contributed by atoms with van der Waals surface area (Å²) >= 11 is 12.1. The number of aromatic nitrogens is 2. The Balaban J connectivity index is 2.30. The van der Waals surface area contributed by atoms with Gasteiger partial charge in [-0.25, -0.2) is 9.97 Å². The number of aryl methyl sites for hydroxylation is 1. The van der Waals surface area contributed by atoms with Crippen molar-refractivity contribution >= 4 is 40.6 Å². The molecule has 7 heteroatoms. The van der Waals surface area contributed by atoms with Gasteiger partial charge in [0.15, 0.2) is 0 Å². The Morgan fingerprint density at radius 1 is 1.23 bits per heavy atom. The second kappa shape index (κ2) is 6.94. The van der Waals surface area contributed by atoms with Gasteiger partial charge in [0.05, 0.1) is 15.7 Å². The van der Waals surface area contributed by atoms with E-state index in [4.69, 9.17) is 23.2 Å². The van der Waals surface area contributed by atoms with Gasteiger partial charge in [0.1, 0.15) is 17.3 Å². The molecular formula is C15H16Cl2N4O. The zero-order valence-electron chi connectivity index (χ0n) is 12.4. The summed E-state index contributed by atoms with van der Waals surface area (Å²) in [5, 5.41) is 6.69. The Hall–Kier alpha value is -1.85. The van der Waals surface area contributed by atoms with Crippen molar-refractivity contribution in [3.63, 3.8) is 0 Å². The summed E-state index contributed by atoms with van der Waals surface area (Å²) in [5.41, 5.74) is 0.907. The molecule has 116 valence electrons. The average molecular weight is 339 g/mol. The lowest BCUT2D eigenvalue weighted by atomic mass is 10.3. The Morgan fingerprint density at radius 3 is 2.64 bits per heavy atom. The van der Waals surface area contributed by atoms with E-state index in [1.54, 1.807) is 31.2 Å². The fraction of sp³-hybridized carbons (Fsp3) is 0.267. The van der Waals surface area contributed by atoms with E-state index in [1.165, 1.54) is 0 Å². The van der Waals surface area contributed by atoms with Gasteiger partial charge in [-0.15, -0.1) is 0 Å². The Bertz CT molecular complexity index is 704. The summed E-state index contributed by atoms with van der Waals surface area (Å²) in [6.45, 7) is 5.49. The number of hydrogen-bond acceptors (Lipinski definition) is 4. The molecule has 0 spiro atoms. The standard InChI is InChI=1S/C15H16Cl2N4O/c1-8(2)18-15(22)12-7-13(20-9(3)19-12)21-11-6-4-5-10(16)14(11)17/h4-8H,1-3H3,(H,18,22)(H,19,20,21). The van der Waals surface area contributed by atoms with E-state index >= 15 is 0 Å². The van der Waals surface area contributed by atoms with Gasteiger partial charge in [-0.1, -0.05) is 29.3 Å². The van der Waals surface area contributed by atoms with Crippen molar-refractivity contribution in [1.82, 2.24) is 15.3 Å². The van der Waals surface area contributed by atoms with E-state index in [2.05, 4.69) is 20.6 Å². The first-order valence-electron chi connectivity index (χ1n) is 6.74. The summed E-state index contributed by atoms with van der Waals surface area (Å²) in [6.07, 6.45) is 0. The van der Waals surface area contributed by atoms with E-state index in [0.29, 0.717) is 33.1 Å². The van der Waals surface area contributed by atoms with Gasteiger partial charge in [-0.2, -0.15) is 0 Å². The highest BCUT2D eigenvalue weighted by molar-refractivity contribution is 6.43. The molecule has 5 nitrogen and oxygen atoms in total. The Morgan fingerprint density at radius 2 is 1.95 bits per heavy atom. The van der Waals surface area contributed by atoms with Crippen molar-refractivity contribution in [1.29, 1.82) is 0 Å². The van der Waals surface area contributed by atoms with Crippen LogP contribution >= 0.6 is 23.2 Å². The molecule has 0 aliphatic heterocycles. The number of carbonyl (C=O) groups excluding carboxylic acids is 1. The average Bonchev–Trinajstić information content (AvgIpc) is 2.42. The van der Waals surface area contributed by atoms with Gasteiger partial charge in [0.2, 0.25) is 0 Å². The first-order chi connectivity index (χ1) is 10.4. The fourth-order valence-electron chi connectivity index (χ4n) is 1.82. The number of amides is 1. The minimum absolute atomic E-state index is 0.0292. The maximum atomic E-state index is 12.1. The number of benzene rings is 1. The number of rotatable bonds is 4. The highest BCUT2D eigenvalue weighted by Crippen LogP contribution is 2.31. The molecule has 22 heavy (non-hydrogen) atoms. The summed E-state index contributed by atoms with van der Waals surface area (Å²) in [7, 11) is 0. The van der Waals surface area contributed by atoms with E-state index in [0.717, 1.165) is 0 Å². The Labute approximate surface area is 139 Å². The molecule has 0 saturated carbocycles. The summed E-state index contributed by atoms with van der Waals surface area (Å²) < 4.78 is 0. The van der Waals surface area contributed by atoms with Crippen molar-refractivity contribution in [3.8, 4) is 0 Å². The molecule has 2 aromatic rings. The molecule has 0 saturated heterocycles. The number of anilines is 2. The minimum atomic E-state index is -0.249. The fourth-order valence-corrected chi connectivity index (χ4v) is 2.17. The van der Waals surface area contributed by atoms with Gasteiger partial charge in [0.25, 0.3) is 5.91 Å². The molecule has 0 bridgehead atoms. The molecule has 2 N–H and O–H groups in total. The molecule has 0 radical (unpaired) electrons. The lowest BCUT2D eigenvalue weighted by Crippen LogP contribution is -2.31. The van der Waals surface area contributed by atoms with Crippen LogP contribution in [-0.2, 0) is 0 Å². The number of nitrogens with one attached hydrogen (secondary N) is 2. The second-order valence-corrected chi connectivity index (χ2v) is 5.83. The van der Waals surface area contributed by atoms with Crippen LogP contribution in [0, 0.1) is 6.92 Å². The van der Waals surface area contributed by atoms with E-state index in [9.17, 15) is 4.79 Å². The molecule has 1 aromatic carbocycles. The molecule has 0 aliphatic rings. The van der Waals surface area contributed by atoms with Crippen molar-refractivity contribution in [2.45, 2.75) is 26.8 Å². The molecule has 1 heterocycles. The van der Waals surface area contributed by atoms with Crippen molar-refractivity contribution in [2.24, 2.45) is 0 Å². The normalized spacial score (nSPS) is 10.6. The smallest absolute Gasteiger partial charge is 0.270 e. The zero-order chi connectivity index (χ0) is 16.3. The van der Waals surface area contributed by atoms with Crippen molar-refractivity contribution in [3.05, 3.63) is 45.8 Å². The molecule has 1 amide bonds. The third kappa shape index (κ3) is 4.08. The van der Waals surface area contributed by atoms with Crippen LogP contribution < -0.4 is 10.6 Å². The predicted molar refractivity (Wildman–Crippen MR) is 89.1 cm³/mol. The lowest BCUT2D eigenvalue weighted by Gasteiger charge is -2.12. The van der Waals surface area contributed by atoms with Crippen molar-refractivity contribution in [2.75, 3.05) is 5.32 Å². The minimum Gasteiger partial charge on any atom is -0.349 e. The van der Waals surface area contributed by atoms with Crippen LogP contribution in [0.1, 0.15) is 30.2 Å². The number of hydrogen-bond donors (Lipinski definition) is 2. The third-order valence-corrected chi connectivity index (χ3v) is 3.52. The molecule has 0 atom stereocenters. The molecule has 0 fully saturated rings. The topological polar surface area (TPSA) is 66.9 Å². The molecule has 0 aliphatic carbocycles. The largest absolute Gasteiger partial charge is 0.349 e. The summed E-state index contributed by atoms with van der Waals surface area (Å²) in [6, 6.07) is 6.85. The van der Waals surface area contributed by atoms with Crippen molar-refractivity contribution < 1.29 is 4.79 Å². The van der Waals surface area contributed by atoms with E-state index < -0.39 is 0 Å². The molecular weight excluding hydrogens is 323 g/mol. The highest BCUT2D eigenvalue weighted by Gasteiger charge is 2.12. The van der Waals surface area contributed by atoms with E-state index in [-0.39, 0.29) is 11.9 Å². The highest BCUT2D eigenvalue weighted by atomic mass is 35.5. The molecule has 0 unspecified atom stereocenters. The quantitative estimate of drug-likeness (QED) is 0.884. The maximum absolute atomic E-state index is 12.1. The first-order valence-corrected chi connectivity index (χ1v) is 7.50. The lowest BCUT2D eigenvalue weighted by molar-refractivity contribution is 0.0937. The van der Waals surface area contributed by atoms with Gasteiger partial charge < -0.3 is 10.6 Å². The predicted octanol–water partition coefficient (Wildman–Crippen LogP) is 3.97. The summed E-state index contributed by atoms with van der Waals surface area (Å²) in [5.74, 6) is 0.711. The maximum Gasteiger partial charge on any atom is 0.270 e. The molecule has 2 rings (SSSR count). The van der Waals surface area contributed by atoms with Gasteiger partial charge in [-0.3, -0.25) is 4.79 Å². The number of nitrogens with zero attached hydrogens (tertiary/aromatic N) is 2. The van der Waals surface area contributed by atoms with Crippen LogP contribution in [0.15, 0.2) is 24.3 Å². The zero-order valence-corrected chi connectivity index (χ0v) is 14.0. The Kier molecular flexibility index (Phi) is 5.21. The molecule has 1 aromatic heterocycles. The van der Waals surface area contributed by atoms with Crippen LogP contribution in [0.2, 0.25) is 10.0 Å². The van der Waals surface area contributed by atoms with Crippen LogP contribution in [0.5, 0.6) is 0 Å². The first kappa shape index (κ1) is 16.5. The summed E-state index contributed by atoms with van der Waals surface area (Å²) in [4.78, 5) is 20.5. The van der Waals surface area contributed by atoms with Gasteiger partial charge >= 0.3 is 0 Å². The van der Waals surface area contributed by atoms with Crippen LogP contribution in [0.3, 0.4) is 0 Å². The van der Waals surface area contributed by atoms with E-state index in [1.807, 2.05) is 13.8 Å². The van der Waals surface area contributed by atoms with Gasteiger partial charge in [-0.05, 0) is 32.9 Å². The second-order valence-electron chi connectivity index (χ2n) is 5.04. The van der Waals surface area contributed by atoms with Crippen LogP contribution in [0.25, 0.3) is 0 Å². The monoisotopic (exact) mass is 338 g/mol. The van der Waals surface area contributed by atoms with Crippen LogP contribution in [0.4, 0.5) is 11.5 Å². The number of carbonyl (C=O) groups is 1. The number of halogens is 2.